The van der Waals surface area contributed by atoms with E-state index >= 15 is 0 Å². The Bertz CT molecular complexity index is 222. The molecule has 3 heteroatoms. The number of piperazine rings is 1. The molecular formula is C14H29N3. The van der Waals surface area contributed by atoms with Crippen LogP contribution in [0.5, 0.6) is 0 Å². The largest absolute Gasteiger partial charge is 0.311 e. The van der Waals surface area contributed by atoms with E-state index < -0.39 is 0 Å². The average molecular weight is 239 g/mol. The first-order chi connectivity index (χ1) is 8.15. The van der Waals surface area contributed by atoms with Crippen LogP contribution < -0.4 is 5.32 Å². The van der Waals surface area contributed by atoms with Gasteiger partial charge in [0.25, 0.3) is 0 Å². The second-order valence-electron chi connectivity index (χ2n) is 6.31. The summed E-state index contributed by atoms with van der Waals surface area (Å²) >= 11 is 0. The van der Waals surface area contributed by atoms with Crippen LogP contribution in [0.4, 0.5) is 0 Å². The Balaban J connectivity index is 1.80. The van der Waals surface area contributed by atoms with E-state index in [2.05, 4.69) is 36.0 Å². The number of rotatable bonds is 3. The molecule has 0 saturated carbocycles. The van der Waals surface area contributed by atoms with E-state index in [9.17, 15) is 0 Å². The highest BCUT2D eigenvalue weighted by Gasteiger charge is 2.27. The first-order valence-corrected chi connectivity index (χ1v) is 7.31. The van der Waals surface area contributed by atoms with Crippen LogP contribution in [0.15, 0.2) is 0 Å². The maximum absolute atomic E-state index is 3.68. The van der Waals surface area contributed by atoms with Gasteiger partial charge in [-0.05, 0) is 45.3 Å². The van der Waals surface area contributed by atoms with Crippen molar-refractivity contribution in [3.05, 3.63) is 0 Å². The van der Waals surface area contributed by atoms with Gasteiger partial charge in [0.05, 0.1) is 0 Å². The van der Waals surface area contributed by atoms with E-state index in [1.165, 1.54) is 52.0 Å². The molecular weight excluding hydrogens is 210 g/mol. The average Bonchev–Trinajstić information content (AvgIpc) is 2.29. The normalized spacial score (nSPS) is 30.0. The van der Waals surface area contributed by atoms with Crippen LogP contribution in [-0.2, 0) is 0 Å². The molecule has 0 aromatic carbocycles. The molecule has 0 spiro atoms. The summed E-state index contributed by atoms with van der Waals surface area (Å²) in [5, 5.41) is 3.68. The fourth-order valence-corrected chi connectivity index (χ4v) is 3.27. The molecule has 1 unspecified atom stereocenters. The number of piperidine rings is 1. The molecule has 2 aliphatic heterocycles. The molecule has 0 amide bonds. The Morgan fingerprint density at radius 1 is 1.18 bits per heavy atom. The van der Waals surface area contributed by atoms with Gasteiger partial charge in [-0.25, -0.2) is 0 Å². The van der Waals surface area contributed by atoms with Crippen LogP contribution in [0.2, 0.25) is 0 Å². The molecule has 1 N–H and O–H groups in total. The molecule has 100 valence electrons. The third-order valence-corrected chi connectivity index (χ3v) is 4.25. The molecule has 0 aliphatic carbocycles. The topological polar surface area (TPSA) is 18.5 Å². The van der Waals surface area contributed by atoms with Crippen LogP contribution in [-0.4, -0.2) is 61.7 Å². The maximum atomic E-state index is 3.68. The van der Waals surface area contributed by atoms with Crippen molar-refractivity contribution in [1.82, 2.24) is 15.1 Å². The van der Waals surface area contributed by atoms with E-state index in [4.69, 9.17) is 0 Å². The summed E-state index contributed by atoms with van der Waals surface area (Å²) in [6.45, 7) is 10.9. The molecule has 0 aromatic rings. The number of likely N-dealkylation sites (tertiary alicyclic amines) is 1. The van der Waals surface area contributed by atoms with Gasteiger partial charge in [0, 0.05) is 31.7 Å². The standard InChI is InChI=1S/C14H29N3/c1-12(2)10-13-11-17(9-6-15-13)14-4-7-16(3)8-5-14/h12-15H,4-11H2,1-3H3. The van der Waals surface area contributed by atoms with E-state index in [1.807, 2.05) is 0 Å². The van der Waals surface area contributed by atoms with Crippen molar-refractivity contribution >= 4 is 0 Å². The summed E-state index contributed by atoms with van der Waals surface area (Å²) < 4.78 is 0. The lowest BCUT2D eigenvalue weighted by Crippen LogP contribution is -2.56. The van der Waals surface area contributed by atoms with Crippen LogP contribution in [0.25, 0.3) is 0 Å². The fraction of sp³-hybridized carbons (Fsp3) is 1.00. The van der Waals surface area contributed by atoms with Crippen molar-refractivity contribution in [2.45, 2.75) is 45.2 Å². The van der Waals surface area contributed by atoms with Crippen LogP contribution in [0, 0.1) is 5.92 Å². The first kappa shape index (κ1) is 13.3. The number of nitrogens with zero attached hydrogens (tertiary/aromatic N) is 2. The van der Waals surface area contributed by atoms with Crippen LogP contribution >= 0.6 is 0 Å². The Labute approximate surface area is 107 Å². The summed E-state index contributed by atoms with van der Waals surface area (Å²) in [6, 6.07) is 1.58. The number of hydrogen-bond donors (Lipinski definition) is 1. The van der Waals surface area contributed by atoms with Crippen molar-refractivity contribution < 1.29 is 0 Å². The molecule has 2 aliphatic rings. The predicted molar refractivity (Wildman–Crippen MR) is 73.3 cm³/mol. The molecule has 2 rings (SSSR count). The van der Waals surface area contributed by atoms with E-state index in [-0.39, 0.29) is 0 Å². The summed E-state index contributed by atoms with van der Waals surface area (Å²) in [7, 11) is 2.25. The van der Waals surface area contributed by atoms with Crippen LogP contribution in [0.3, 0.4) is 0 Å². The van der Waals surface area contributed by atoms with Gasteiger partial charge in [0.15, 0.2) is 0 Å². The second-order valence-corrected chi connectivity index (χ2v) is 6.31. The highest BCUT2D eigenvalue weighted by Crippen LogP contribution is 2.18. The van der Waals surface area contributed by atoms with Crippen molar-refractivity contribution in [1.29, 1.82) is 0 Å². The second kappa shape index (κ2) is 6.17. The molecule has 0 bridgehead atoms. The van der Waals surface area contributed by atoms with Gasteiger partial charge in [-0.1, -0.05) is 13.8 Å². The summed E-state index contributed by atoms with van der Waals surface area (Å²) in [5.74, 6) is 0.810. The Hall–Kier alpha value is -0.120. The summed E-state index contributed by atoms with van der Waals surface area (Å²) in [6.07, 6.45) is 4.05. The zero-order chi connectivity index (χ0) is 12.3. The van der Waals surface area contributed by atoms with Gasteiger partial charge >= 0.3 is 0 Å². The monoisotopic (exact) mass is 239 g/mol. The lowest BCUT2D eigenvalue weighted by molar-refractivity contribution is 0.0877. The minimum atomic E-state index is 0.725. The van der Waals surface area contributed by atoms with E-state index in [0.717, 1.165) is 18.0 Å². The van der Waals surface area contributed by atoms with Gasteiger partial charge in [-0.2, -0.15) is 0 Å². The minimum absolute atomic E-state index is 0.725. The summed E-state index contributed by atoms with van der Waals surface area (Å²) in [5.41, 5.74) is 0. The smallest absolute Gasteiger partial charge is 0.0198 e. The van der Waals surface area contributed by atoms with Gasteiger partial charge in [-0.15, -0.1) is 0 Å². The van der Waals surface area contributed by atoms with E-state index in [1.54, 1.807) is 0 Å². The van der Waals surface area contributed by atoms with Gasteiger partial charge in [0.1, 0.15) is 0 Å². The zero-order valence-corrected chi connectivity index (χ0v) is 11.8. The van der Waals surface area contributed by atoms with Gasteiger partial charge < -0.3 is 10.2 Å². The lowest BCUT2D eigenvalue weighted by atomic mass is 9.98. The first-order valence-electron chi connectivity index (χ1n) is 7.31. The molecule has 17 heavy (non-hydrogen) atoms. The molecule has 2 heterocycles. The van der Waals surface area contributed by atoms with Crippen molar-refractivity contribution in [2.75, 3.05) is 39.8 Å². The fourth-order valence-electron chi connectivity index (χ4n) is 3.27. The molecule has 3 nitrogen and oxygen atoms in total. The maximum Gasteiger partial charge on any atom is 0.0198 e. The zero-order valence-electron chi connectivity index (χ0n) is 11.8. The Morgan fingerprint density at radius 3 is 2.53 bits per heavy atom. The predicted octanol–water partition coefficient (Wildman–Crippen LogP) is 1.40. The number of nitrogens with one attached hydrogen (secondary N) is 1. The van der Waals surface area contributed by atoms with Gasteiger partial charge in [0.2, 0.25) is 0 Å². The third kappa shape index (κ3) is 3.94. The molecule has 0 radical (unpaired) electrons. The Kier molecular flexibility index (Phi) is 4.83. The quantitative estimate of drug-likeness (QED) is 0.803. The highest BCUT2D eigenvalue weighted by molar-refractivity contribution is 4.86. The minimum Gasteiger partial charge on any atom is -0.311 e. The van der Waals surface area contributed by atoms with Gasteiger partial charge in [-0.3, -0.25) is 4.90 Å². The molecule has 2 saturated heterocycles. The molecule has 1 atom stereocenters. The molecule has 0 aromatic heterocycles. The van der Waals surface area contributed by atoms with E-state index in [0.29, 0.717) is 0 Å². The van der Waals surface area contributed by atoms with Crippen molar-refractivity contribution in [2.24, 2.45) is 5.92 Å². The SMILES string of the molecule is CC(C)CC1CN(C2CCN(C)CC2)CCN1. The van der Waals surface area contributed by atoms with Crippen molar-refractivity contribution in [3.63, 3.8) is 0 Å². The Morgan fingerprint density at radius 2 is 1.88 bits per heavy atom. The van der Waals surface area contributed by atoms with Crippen molar-refractivity contribution in [3.8, 4) is 0 Å². The van der Waals surface area contributed by atoms with Crippen LogP contribution in [0.1, 0.15) is 33.1 Å². The lowest BCUT2D eigenvalue weighted by Gasteiger charge is -2.42. The summed E-state index contributed by atoms with van der Waals surface area (Å²) in [4.78, 5) is 5.21. The molecule has 2 fully saturated rings. The third-order valence-electron chi connectivity index (χ3n) is 4.25. The number of hydrogen-bond acceptors (Lipinski definition) is 3. The highest BCUT2D eigenvalue weighted by atomic mass is 15.2.